The van der Waals surface area contributed by atoms with Crippen LogP contribution in [0, 0.1) is 12.8 Å². The highest BCUT2D eigenvalue weighted by Gasteiger charge is 2.11. The molecule has 0 aliphatic carbocycles. The number of rotatable bonds is 5. The summed E-state index contributed by atoms with van der Waals surface area (Å²) >= 11 is 3.54. The monoisotopic (exact) mass is 323 g/mol. The van der Waals surface area contributed by atoms with Gasteiger partial charge in [-0.05, 0) is 63.4 Å². The molecule has 0 fully saturated rings. The van der Waals surface area contributed by atoms with E-state index in [2.05, 4.69) is 69.7 Å². The summed E-state index contributed by atoms with van der Waals surface area (Å²) in [5, 5.41) is 15.3. The fourth-order valence-electron chi connectivity index (χ4n) is 1.76. The first-order chi connectivity index (χ1) is 9.08. The molecule has 0 saturated heterocycles. The number of hydrogen-bond donors (Lipinski definition) is 1. The Morgan fingerprint density at radius 1 is 1.37 bits per heavy atom. The maximum Gasteiger partial charge on any atom is 0.170 e. The first kappa shape index (κ1) is 14.1. The van der Waals surface area contributed by atoms with Gasteiger partial charge >= 0.3 is 0 Å². The van der Waals surface area contributed by atoms with E-state index in [1.54, 1.807) is 4.68 Å². The van der Waals surface area contributed by atoms with Crippen molar-refractivity contribution in [1.29, 1.82) is 0 Å². The van der Waals surface area contributed by atoms with Gasteiger partial charge in [-0.1, -0.05) is 19.9 Å². The summed E-state index contributed by atoms with van der Waals surface area (Å²) in [6, 6.07) is 6.12. The van der Waals surface area contributed by atoms with Gasteiger partial charge in [0.25, 0.3) is 0 Å². The van der Waals surface area contributed by atoms with Gasteiger partial charge in [-0.2, -0.15) is 4.68 Å². The molecule has 1 aromatic carbocycles. The number of nitrogens with one attached hydrogen (secondary N) is 1. The lowest BCUT2D eigenvalue weighted by Crippen LogP contribution is -2.21. The molecule has 1 aromatic heterocycles. The summed E-state index contributed by atoms with van der Waals surface area (Å²) < 4.78 is 2.75. The number of hydrogen-bond acceptors (Lipinski definition) is 4. The van der Waals surface area contributed by atoms with Crippen molar-refractivity contribution in [2.45, 2.75) is 27.3 Å². The van der Waals surface area contributed by atoms with Crippen molar-refractivity contribution in [3.05, 3.63) is 34.1 Å². The van der Waals surface area contributed by atoms with Crippen LogP contribution in [0.15, 0.2) is 22.7 Å². The zero-order valence-corrected chi connectivity index (χ0v) is 13.0. The predicted molar refractivity (Wildman–Crippen MR) is 78.1 cm³/mol. The molecule has 0 spiro atoms. The second-order valence-electron chi connectivity index (χ2n) is 4.99. The standard InChI is InChI=1S/C13H18BrN5/c1-9(2)7-15-8-13-16-17-18-19(13)12-6-10(3)4-5-11(12)14/h4-6,9,15H,7-8H2,1-3H3. The minimum absolute atomic E-state index is 0.607. The van der Waals surface area contributed by atoms with Gasteiger partial charge in [0.1, 0.15) is 0 Å². The molecule has 1 heterocycles. The van der Waals surface area contributed by atoms with Gasteiger partial charge in [0.15, 0.2) is 5.82 Å². The minimum Gasteiger partial charge on any atom is -0.310 e. The van der Waals surface area contributed by atoms with Crippen LogP contribution in [-0.4, -0.2) is 26.8 Å². The van der Waals surface area contributed by atoms with Crippen LogP contribution in [0.25, 0.3) is 5.69 Å². The Balaban J connectivity index is 2.21. The lowest BCUT2D eigenvalue weighted by Gasteiger charge is -2.09. The highest BCUT2D eigenvalue weighted by molar-refractivity contribution is 9.10. The van der Waals surface area contributed by atoms with Crippen molar-refractivity contribution >= 4 is 15.9 Å². The molecule has 0 atom stereocenters. The van der Waals surface area contributed by atoms with Crippen molar-refractivity contribution in [2.75, 3.05) is 6.54 Å². The fraction of sp³-hybridized carbons (Fsp3) is 0.462. The molecule has 0 saturated carbocycles. The van der Waals surface area contributed by atoms with Crippen LogP contribution in [0.5, 0.6) is 0 Å². The van der Waals surface area contributed by atoms with Crippen molar-refractivity contribution < 1.29 is 0 Å². The molecule has 19 heavy (non-hydrogen) atoms. The molecule has 0 aliphatic rings. The number of nitrogens with zero attached hydrogens (tertiary/aromatic N) is 4. The van der Waals surface area contributed by atoms with E-state index in [0.29, 0.717) is 12.5 Å². The second kappa shape index (κ2) is 6.25. The summed E-state index contributed by atoms with van der Waals surface area (Å²) in [6.07, 6.45) is 0. The van der Waals surface area contributed by atoms with Gasteiger partial charge in [-0.15, -0.1) is 5.10 Å². The first-order valence-electron chi connectivity index (χ1n) is 6.32. The lowest BCUT2D eigenvalue weighted by atomic mass is 10.2. The Bertz CT molecular complexity index is 550. The number of benzene rings is 1. The van der Waals surface area contributed by atoms with E-state index in [4.69, 9.17) is 0 Å². The van der Waals surface area contributed by atoms with E-state index in [0.717, 1.165) is 22.5 Å². The smallest absolute Gasteiger partial charge is 0.170 e. The Hall–Kier alpha value is -1.27. The average Bonchev–Trinajstić information content (AvgIpc) is 2.80. The largest absolute Gasteiger partial charge is 0.310 e. The van der Waals surface area contributed by atoms with Gasteiger partial charge < -0.3 is 5.32 Å². The number of tetrazole rings is 1. The van der Waals surface area contributed by atoms with Gasteiger partial charge in [0, 0.05) is 4.47 Å². The van der Waals surface area contributed by atoms with Crippen LogP contribution in [0.4, 0.5) is 0 Å². The maximum atomic E-state index is 4.08. The third-order valence-electron chi connectivity index (χ3n) is 2.70. The summed E-state index contributed by atoms with van der Waals surface area (Å²) in [5.74, 6) is 1.42. The van der Waals surface area contributed by atoms with Crippen molar-refractivity contribution in [3.63, 3.8) is 0 Å². The summed E-state index contributed by atoms with van der Waals surface area (Å²) in [5.41, 5.74) is 2.14. The quantitative estimate of drug-likeness (QED) is 0.918. The Kier molecular flexibility index (Phi) is 4.66. The van der Waals surface area contributed by atoms with Gasteiger partial charge in [-0.3, -0.25) is 0 Å². The molecule has 6 heteroatoms. The van der Waals surface area contributed by atoms with Gasteiger partial charge in [-0.25, -0.2) is 0 Å². The van der Waals surface area contributed by atoms with Crippen LogP contribution in [-0.2, 0) is 6.54 Å². The zero-order chi connectivity index (χ0) is 13.8. The molecular weight excluding hydrogens is 306 g/mol. The number of aromatic nitrogens is 4. The summed E-state index contributed by atoms with van der Waals surface area (Å²) in [4.78, 5) is 0. The molecule has 102 valence electrons. The molecule has 2 aromatic rings. The molecule has 2 rings (SSSR count). The molecule has 0 radical (unpaired) electrons. The van der Waals surface area contributed by atoms with E-state index < -0.39 is 0 Å². The van der Waals surface area contributed by atoms with Gasteiger partial charge in [0.05, 0.1) is 12.2 Å². The van der Waals surface area contributed by atoms with Crippen molar-refractivity contribution in [1.82, 2.24) is 25.5 Å². The van der Waals surface area contributed by atoms with Crippen molar-refractivity contribution in [2.24, 2.45) is 5.92 Å². The Morgan fingerprint density at radius 2 is 2.16 bits per heavy atom. The van der Waals surface area contributed by atoms with Gasteiger partial charge in [0.2, 0.25) is 0 Å². The Morgan fingerprint density at radius 3 is 2.89 bits per heavy atom. The normalized spacial score (nSPS) is 11.2. The highest BCUT2D eigenvalue weighted by Crippen LogP contribution is 2.22. The highest BCUT2D eigenvalue weighted by atomic mass is 79.9. The lowest BCUT2D eigenvalue weighted by molar-refractivity contribution is 0.537. The van der Waals surface area contributed by atoms with Crippen LogP contribution < -0.4 is 5.32 Å². The van der Waals surface area contributed by atoms with E-state index in [-0.39, 0.29) is 0 Å². The molecule has 0 unspecified atom stereocenters. The van der Waals surface area contributed by atoms with E-state index >= 15 is 0 Å². The first-order valence-corrected chi connectivity index (χ1v) is 7.11. The molecule has 5 nitrogen and oxygen atoms in total. The Labute approximate surface area is 121 Å². The summed E-state index contributed by atoms with van der Waals surface area (Å²) in [6.45, 7) is 8.00. The number of halogens is 1. The van der Waals surface area contributed by atoms with Crippen molar-refractivity contribution in [3.8, 4) is 5.69 Å². The molecular formula is C13H18BrN5. The van der Waals surface area contributed by atoms with Crippen LogP contribution in [0.1, 0.15) is 25.2 Å². The zero-order valence-electron chi connectivity index (χ0n) is 11.4. The van der Waals surface area contributed by atoms with Crippen LogP contribution >= 0.6 is 15.9 Å². The average molecular weight is 324 g/mol. The minimum atomic E-state index is 0.607. The summed E-state index contributed by atoms with van der Waals surface area (Å²) in [7, 11) is 0. The molecule has 0 bridgehead atoms. The fourth-order valence-corrected chi connectivity index (χ4v) is 2.18. The van der Waals surface area contributed by atoms with E-state index in [1.807, 2.05) is 6.07 Å². The maximum absolute atomic E-state index is 4.08. The molecule has 0 amide bonds. The van der Waals surface area contributed by atoms with E-state index in [9.17, 15) is 0 Å². The number of aryl methyl sites for hydroxylation is 1. The third kappa shape index (κ3) is 3.61. The van der Waals surface area contributed by atoms with E-state index in [1.165, 1.54) is 5.56 Å². The predicted octanol–water partition coefficient (Wildman–Crippen LogP) is 2.48. The molecule has 0 aliphatic heterocycles. The van der Waals surface area contributed by atoms with Crippen LogP contribution in [0.2, 0.25) is 0 Å². The topological polar surface area (TPSA) is 55.6 Å². The molecule has 1 N–H and O–H groups in total. The second-order valence-corrected chi connectivity index (χ2v) is 5.84. The SMILES string of the molecule is Cc1ccc(Br)c(-n2nnnc2CNCC(C)C)c1. The third-order valence-corrected chi connectivity index (χ3v) is 3.37. The van der Waals surface area contributed by atoms with Crippen LogP contribution in [0.3, 0.4) is 0 Å².